The third-order valence-corrected chi connectivity index (χ3v) is 1.79. The highest BCUT2D eigenvalue weighted by Crippen LogP contribution is 2.15. The molecule has 10 heavy (non-hydrogen) atoms. The molecular weight excluding hydrogens is 144 g/mol. The Morgan fingerprint density at radius 1 is 1.50 bits per heavy atom. The Labute approximate surface area is 66.1 Å². The number of halogens is 1. The summed E-state index contributed by atoms with van der Waals surface area (Å²) in [4.78, 5) is 0. The molecule has 0 saturated heterocycles. The van der Waals surface area contributed by atoms with Crippen LogP contribution in [0.2, 0.25) is 5.02 Å². The van der Waals surface area contributed by atoms with Gasteiger partial charge in [0.15, 0.2) is 0 Å². The van der Waals surface area contributed by atoms with Gasteiger partial charge >= 0.3 is 0 Å². The molecule has 1 heteroatoms. The van der Waals surface area contributed by atoms with E-state index in [2.05, 4.69) is 12.7 Å². The first-order valence-corrected chi connectivity index (χ1v) is 3.41. The number of benzene rings is 1. The molecule has 1 aromatic carbocycles. The molecule has 51 valence electrons. The Hall–Kier alpha value is -0.750. The zero-order valence-electron chi connectivity index (χ0n) is 5.82. The Balaban J connectivity index is 3.16. The molecule has 0 N–H and O–H groups in total. The third kappa shape index (κ3) is 1.39. The van der Waals surface area contributed by atoms with Crippen molar-refractivity contribution in [3.05, 3.63) is 47.0 Å². The van der Waals surface area contributed by atoms with E-state index in [1.165, 1.54) is 0 Å². The molecule has 0 bridgehead atoms. The van der Waals surface area contributed by atoms with Gasteiger partial charge in [0, 0.05) is 5.02 Å². The lowest BCUT2D eigenvalue weighted by Crippen LogP contribution is -1.77. The smallest absolute Gasteiger partial charge is 0.0435 e. The molecule has 0 fully saturated rings. The van der Waals surface area contributed by atoms with Crippen molar-refractivity contribution in [2.24, 2.45) is 0 Å². The van der Waals surface area contributed by atoms with Crippen LogP contribution in [-0.2, 0) is 0 Å². The predicted molar refractivity (Wildman–Crippen MR) is 44.2 cm³/mol. The highest BCUT2D eigenvalue weighted by molar-refractivity contribution is 6.31. The maximum atomic E-state index is 5.79. The van der Waals surface area contributed by atoms with E-state index in [4.69, 9.17) is 11.6 Å². The Morgan fingerprint density at radius 2 is 2.20 bits per heavy atom. The SMILES string of the molecule is C=[C]c1ccc(Cl)c(C)c1. The Morgan fingerprint density at radius 3 is 2.70 bits per heavy atom. The summed E-state index contributed by atoms with van der Waals surface area (Å²) in [7, 11) is 0. The van der Waals surface area contributed by atoms with Gasteiger partial charge < -0.3 is 0 Å². The van der Waals surface area contributed by atoms with Crippen LogP contribution in [0.4, 0.5) is 0 Å². The maximum absolute atomic E-state index is 5.79. The van der Waals surface area contributed by atoms with E-state index in [1.807, 2.05) is 25.1 Å². The van der Waals surface area contributed by atoms with Crippen LogP contribution in [0.3, 0.4) is 0 Å². The van der Waals surface area contributed by atoms with Crippen LogP contribution in [0.15, 0.2) is 24.8 Å². The average molecular weight is 152 g/mol. The molecule has 0 spiro atoms. The standard InChI is InChI=1S/C9H8Cl/c1-3-8-4-5-9(10)7(2)6-8/h4-6H,1H2,2H3. The first-order chi connectivity index (χ1) is 4.74. The van der Waals surface area contributed by atoms with E-state index in [0.29, 0.717) is 0 Å². The quantitative estimate of drug-likeness (QED) is 0.579. The van der Waals surface area contributed by atoms with Crippen LogP contribution in [-0.4, -0.2) is 0 Å². The molecule has 0 amide bonds. The molecule has 0 aromatic heterocycles. The van der Waals surface area contributed by atoms with Crippen molar-refractivity contribution < 1.29 is 0 Å². The second-order valence-corrected chi connectivity index (χ2v) is 2.55. The van der Waals surface area contributed by atoms with E-state index in [-0.39, 0.29) is 0 Å². The average Bonchev–Trinajstić information content (AvgIpc) is 1.95. The molecule has 0 atom stereocenters. The van der Waals surface area contributed by atoms with Crippen molar-refractivity contribution in [1.29, 1.82) is 0 Å². The summed E-state index contributed by atoms with van der Waals surface area (Å²) < 4.78 is 0. The fourth-order valence-electron chi connectivity index (χ4n) is 0.755. The number of hydrogen-bond donors (Lipinski definition) is 0. The molecule has 1 aromatic rings. The molecule has 1 rings (SSSR count). The molecule has 0 aliphatic heterocycles. The Kier molecular flexibility index (Phi) is 2.13. The van der Waals surface area contributed by atoms with Crippen LogP contribution in [0, 0.1) is 13.0 Å². The van der Waals surface area contributed by atoms with Gasteiger partial charge in [-0.25, -0.2) is 0 Å². The summed E-state index contributed by atoms with van der Waals surface area (Å²) in [5, 5.41) is 0.791. The normalized spacial score (nSPS) is 9.40. The fourth-order valence-corrected chi connectivity index (χ4v) is 0.872. The van der Waals surface area contributed by atoms with Crippen molar-refractivity contribution in [2.45, 2.75) is 6.92 Å². The van der Waals surface area contributed by atoms with Crippen LogP contribution >= 0.6 is 11.6 Å². The fraction of sp³-hybridized carbons (Fsp3) is 0.111. The lowest BCUT2D eigenvalue weighted by Gasteiger charge is -1.96. The zero-order chi connectivity index (χ0) is 7.56. The zero-order valence-corrected chi connectivity index (χ0v) is 6.57. The largest absolute Gasteiger partial charge is 0.0906 e. The highest BCUT2D eigenvalue weighted by Gasteiger charge is 1.92. The first kappa shape index (κ1) is 7.36. The molecular formula is C9H8Cl. The minimum Gasteiger partial charge on any atom is -0.0906 e. The molecule has 0 saturated carbocycles. The summed E-state index contributed by atoms with van der Waals surface area (Å²) >= 11 is 5.79. The van der Waals surface area contributed by atoms with Gasteiger partial charge in [-0.2, -0.15) is 0 Å². The molecule has 0 nitrogen and oxygen atoms in total. The second-order valence-electron chi connectivity index (χ2n) is 2.14. The van der Waals surface area contributed by atoms with Crippen molar-refractivity contribution in [3.63, 3.8) is 0 Å². The van der Waals surface area contributed by atoms with Gasteiger partial charge in [0.05, 0.1) is 0 Å². The van der Waals surface area contributed by atoms with Crippen LogP contribution in [0.5, 0.6) is 0 Å². The van der Waals surface area contributed by atoms with Gasteiger partial charge in [-0.3, -0.25) is 0 Å². The van der Waals surface area contributed by atoms with Gasteiger partial charge in [-0.1, -0.05) is 24.2 Å². The minimum atomic E-state index is 0.791. The van der Waals surface area contributed by atoms with Crippen molar-refractivity contribution in [3.8, 4) is 0 Å². The lowest BCUT2D eigenvalue weighted by atomic mass is 10.1. The predicted octanol–water partition coefficient (Wildman–Crippen LogP) is 2.99. The van der Waals surface area contributed by atoms with Gasteiger partial charge in [0.1, 0.15) is 0 Å². The number of hydrogen-bond acceptors (Lipinski definition) is 0. The molecule has 0 aliphatic rings. The second kappa shape index (κ2) is 2.89. The van der Waals surface area contributed by atoms with Gasteiger partial charge in [0.2, 0.25) is 0 Å². The minimum absolute atomic E-state index is 0.791. The van der Waals surface area contributed by atoms with E-state index >= 15 is 0 Å². The third-order valence-electron chi connectivity index (χ3n) is 1.36. The summed E-state index contributed by atoms with van der Waals surface area (Å²) in [5.41, 5.74) is 2.05. The van der Waals surface area contributed by atoms with Crippen molar-refractivity contribution in [1.82, 2.24) is 0 Å². The topological polar surface area (TPSA) is 0 Å². The first-order valence-electron chi connectivity index (χ1n) is 3.03. The molecule has 0 heterocycles. The lowest BCUT2D eigenvalue weighted by molar-refractivity contribution is 1.43. The Bertz CT molecular complexity index is 251. The van der Waals surface area contributed by atoms with Gasteiger partial charge in [0.25, 0.3) is 0 Å². The van der Waals surface area contributed by atoms with E-state index < -0.39 is 0 Å². The molecule has 1 radical (unpaired) electrons. The summed E-state index contributed by atoms with van der Waals surface area (Å²) in [6, 6.07) is 5.70. The van der Waals surface area contributed by atoms with Crippen molar-refractivity contribution >= 4 is 11.6 Å². The van der Waals surface area contributed by atoms with Crippen molar-refractivity contribution in [2.75, 3.05) is 0 Å². The summed E-state index contributed by atoms with van der Waals surface area (Å²) in [6.07, 6.45) is 2.79. The van der Waals surface area contributed by atoms with Crippen LogP contribution in [0.25, 0.3) is 0 Å². The molecule has 0 aliphatic carbocycles. The number of aryl methyl sites for hydroxylation is 1. The van der Waals surface area contributed by atoms with Gasteiger partial charge in [-0.05, 0) is 36.3 Å². The number of rotatable bonds is 1. The molecule has 0 unspecified atom stereocenters. The monoisotopic (exact) mass is 151 g/mol. The van der Waals surface area contributed by atoms with E-state index in [1.54, 1.807) is 0 Å². The summed E-state index contributed by atoms with van der Waals surface area (Å²) in [6.45, 7) is 5.50. The van der Waals surface area contributed by atoms with Crippen LogP contribution < -0.4 is 0 Å². The van der Waals surface area contributed by atoms with E-state index in [0.717, 1.165) is 16.1 Å². The highest BCUT2D eigenvalue weighted by atomic mass is 35.5. The van der Waals surface area contributed by atoms with Gasteiger partial charge in [-0.15, -0.1) is 0 Å². The maximum Gasteiger partial charge on any atom is 0.0435 e. The van der Waals surface area contributed by atoms with E-state index in [9.17, 15) is 0 Å². The summed E-state index contributed by atoms with van der Waals surface area (Å²) in [5.74, 6) is 0. The van der Waals surface area contributed by atoms with Crippen LogP contribution in [0.1, 0.15) is 11.1 Å².